The van der Waals surface area contributed by atoms with Crippen molar-refractivity contribution in [2.24, 2.45) is 5.92 Å². The maximum Gasteiger partial charge on any atom is 0.411 e. The van der Waals surface area contributed by atoms with Gasteiger partial charge >= 0.3 is 6.09 Å². The molecule has 0 aromatic carbocycles. The van der Waals surface area contributed by atoms with E-state index in [0.717, 1.165) is 31.3 Å². The Balaban J connectivity index is 2.06. The topological polar surface area (TPSA) is 58.6 Å². The summed E-state index contributed by atoms with van der Waals surface area (Å²) in [5.74, 6) is 0.176. The quantitative estimate of drug-likeness (QED) is 0.769. The van der Waals surface area contributed by atoms with Gasteiger partial charge in [-0.3, -0.25) is 9.69 Å². The number of allylic oxidation sites excluding steroid dienone is 2. The Hall–Kier alpha value is -1.78. The minimum atomic E-state index is -0.558. The highest BCUT2D eigenvalue weighted by Crippen LogP contribution is 2.43. The fourth-order valence-corrected chi connectivity index (χ4v) is 3.95. The molecule has 1 N–H and O–H groups in total. The van der Waals surface area contributed by atoms with Crippen molar-refractivity contribution < 1.29 is 14.3 Å². The summed E-state index contributed by atoms with van der Waals surface area (Å²) in [4.78, 5) is 27.2. The lowest BCUT2D eigenvalue weighted by molar-refractivity contribution is -0.128. The molecule has 2 rings (SSSR count). The van der Waals surface area contributed by atoms with E-state index in [4.69, 9.17) is 4.74 Å². The van der Waals surface area contributed by atoms with Crippen LogP contribution >= 0.6 is 0 Å². The molecule has 0 radical (unpaired) electrons. The molecule has 5 nitrogen and oxygen atoms in total. The third kappa shape index (κ3) is 4.65. The van der Waals surface area contributed by atoms with Gasteiger partial charge in [-0.1, -0.05) is 24.3 Å². The van der Waals surface area contributed by atoms with Gasteiger partial charge in [0.2, 0.25) is 5.91 Å². The van der Waals surface area contributed by atoms with Crippen molar-refractivity contribution >= 4 is 12.0 Å². The summed E-state index contributed by atoms with van der Waals surface area (Å²) < 4.78 is 5.54. The van der Waals surface area contributed by atoms with E-state index in [-0.39, 0.29) is 30.0 Å². The van der Waals surface area contributed by atoms with Crippen LogP contribution < -0.4 is 5.32 Å². The van der Waals surface area contributed by atoms with Crippen molar-refractivity contribution in [2.45, 2.75) is 84.0 Å². The van der Waals surface area contributed by atoms with Crippen LogP contribution in [0.2, 0.25) is 0 Å². The van der Waals surface area contributed by atoms with E-state index in [1.54, 1.807) is 4.90 Å². The molecule has 1 unspecified atom stereocenters. The first kappa shape index (κ1) is 19.5. The summed E-state index contributed by atoms with van der Waals surface area (Å²) in [6, 6.07) is -0.282. The molecule has 2 aliphatic rings. The van der Waals surface area contributed by atoms with Crippen molar-refractivity contribution in [3.8, 4) is 0 Å². The highest BCUT2D eigenvalue weighted by molar-refractivity contribution is 5.87. The van der Waals surface area contributed by atoms with Gasteiger partial charge in [0.25, 0.3) is 0 Å². The first-order chi connectivity index (χ1) is 11.7. The Morgan fingerprint density at radius 2 is 2.04 bits per heavy atom. The molecule has 0 aromatic heterocycles. The smallest absolute Gasteiger partial charge is 0.411 e. The Bertz CT molecular complexity index is 562. The Labute approximate surface area is 151 Å². The molecule has 140 valence electrons. The van der Waals surface area contributed by atoms with Crippen LogP contribution in [0, 0.1) is 5.92 Å². The monoisotopic (exact) mass is 348 g/mol. The summed E-state index contributed by atoms with van der Waals surface area (Å²) in [6.07, 6.45) is 7.05. The van der Waals surface area contributed by atoms with Crippen LogP contribution in [0.3, 0.4) is 0 Å². The molecule has 0 aromatic rings. The highest BCUT2D eigenvalue weighted by Gasteiger charge is 2.52. The zero-order valence-corrected chi connectivity index (χ0v) is 16.2. The standard InChI is InChI=1S/C20H32N2O3/c1-7-14(8-2)11-13(3)21-18(23)17-15-9-10-16(12-15)22(17)19(24)25-20(4,5)6/h7-8,13,15-17H,1,9-12H2,2-6H3,(H,21,23)/b14-8+/t13?,15-,16+,17-/m0/s1. The van der Waals surface area contributed by atoms with E-state index in [2.05, 4.69) is 11.9 Å². The molecule has 4 atom stereocenters. The number of hydrogen-bond donors (Lipinski definition) is 1. The largest absolute Gasteiger partial charge is 0.444 e. The van der Waals surface area contributed by atoms with Crippen LogP contribution in [0.5, 0.6) is 0 Å². The second-order valence-corrected chi connectivity index (χ2v) is 8.24. The van der Waals surface area contributed by atoms with Crippen LogP contribution in [0.1, 0.15) is 60.3 Å². The number of likely N-dealkylation sites (tertiary alicyclic amines) is 1. The average Bonchev–Trinajstić information content (AvgIpc) is 3.11. The minimum Gasteiger partial charge on any atom is -0.444 e. The van der Waals surface area contributed by atoms with E-state index in [0.29, 0.717) is 0 Å². The molecular formula is C20H32N2O3. The number of carbonyl (C=O) groups excluding carboxylic acids is 2. The molecule has 1 saturated heterocycles. The normalized spacial score (nSPS) is 27.2. The third-order valence-electron chi connectivity index (χ3n) is 5.02. The number of hydrogen-bond acceptors (Lipinski definition) is 3. The van der Waals surface area contributed by atoms with E-state index < -0.39 is 11.6 Å². The molecule has 1 heterocycles. The predicted octanol–water partition coefficient (Wildman–Crippen LogP) is 3.80. The SMILES string of the molecule is C=C/C(=C\C)CC(C)NC(=O)[C@@H]1[C@H]2CC[C@H](C2)N1C(=O)OC(C)(C)C. The molecule has 5 heteroatoms. The van der Waals surface area contributed by atoms with Crippen LogP contribution in [-0.4, -0.2) is 40.6 Å². The van der Waals surface area contributed by atoms with E-state index in [9.17, 15) is 9.59 Å². The summed E-state index contributed by atoms with van der Waals surface area (Å²) in [6.45, 7) is 13.3. The summed E-state index contributed by atoms with van der Waals surface area (Å²) >= 11 is 0. The van der Waals surface area contributed by atoms with Crippen molar-refractivity contribution in [2.75, 3.05) is 0 Å². The first-order valence-corrected chi connectivity index (χ1v) is 9.25. The van der Waals surface area contributed by atoms with Crippen LogP contribution in [-0.2, 0) is 9.53 Å². The number of rotatable bonds is 5. The molecule has 2 bridgehead atoms. The van der Waals surface area contributed by atoms with Gasteiger partial charge in [0.1, 0.15) is 11.6 Å². The maximum absolute atomic E-state index is 12.9. The number of carbonyl (C=O) groups is 2. The molecule has 1 aliphatic carbocycles. The van der Waals surface area contributed by atoms with E-state index >= 15 is 0 Å². The molecule has 2 fully saturated rings. The molecule has 1 saturated carbocycles. The fraction of sp³-hybridized carbons (Fsp3) is 0.700. The fourth-order valence-electron chi connectivity index (χ4n) is 3.95. The zero-order valence-electron chi connectivity index (χ0n) is 16.2. The summed E-state index contributed by atoms with van der Waals surface area (Å²) in [5, 5.41) is 3.08. The van der Waals surface area contributed by atoms with Crippen LogP contribution in [0.25, 0.3) is 0 Å². The molecule has 25 heavy (non-hydrogen) atoms. The number of nitrogens with zero attached hydrogens (tertiary/aromatic N) is 1. The maximum atomic E-state index is 12.9. The molecule has 0 spiro atoms. The zero-order chi connectivity index (χ0) is 18.8. The number of fused-ring (bicyclic) bond motifs is 2. The van der Waals surface area contributed by atoms with Gasteiger partial charge in [-0.15, -0.1) is 0 Å². The van der Waals surface area contributed by atoms with Gasteiger partial charge in [0.15, 0.2) is 0 Å². The Morgan fingerprint density at radius 3 is 2.60 bits per heavy atom. The lowest BCUT2D eigenvalue weighted by Crippen LogP contribution is -2.55. The lowest BCUT2D eigenvalue weighted by atomic mass is 9.97. The van der Waals surface area contributed by atoms with Crippen LogP contribution in [0.15, 0.2) is 24.3 Å². The van der Waals surface area contributed by atoms with Crippen LogP contribution in [0.4, 0.5) is 4.79 Å². The number of ether oxygens (including phenoxy) is 1. The minimum absolute atomic E-state index is 0.00341. The second kappa shape index (κ2) is 7.63. The average molecular weight is 348 g/mol. The Morgan fingerprint density at radius 1 is 1.36 bits per heavy atom. The summed E-state index contributed by atoms with van der Waals surface area (Å²) in [7, 11) is 0. The van der Waals surface area contributed by atoms with Crippen molar-refractivity contribution in [1.29, 1.82) is 0 Å². The van der Waals surface area contributed by atoms with E-state index in [1.165, 1.54) is 0 Å². The number of piperidine rings is 1. The van der Waals surface area contributed by atoms with E-state index in [1.807, 2.05) is 46.8 Å². The second-order valence-electron chi connectivity index (χ2n) is 8.24. The van der Waals surface area contributed by atoms with Crippen molar-refractivity contribution in [3.63, 3.8) is 0 Å². The van der Waals surface area contributed by atoms with Gasteiger partial charge < -0.3 is 10.1 Å². The molecule has 2 amide bonds. The first-order valence-electron chi connectivity index (χ1n) is 9.25. The van der Waals surface area contributed by atoms with Crippen molar-refractivity contribution in [1.82, 2.24) is 10.2 Å². The van der Waals surface area contributed by atoms with Gasteiger partial charge in [-0.2, -0.15) is 0 Å². The van der Waals surface area contributed by atoms with Gasteiger partial charge in [0.05, 0.1) is 0 Å². The number of nitrogens with one attached hydrogen (secondary N) is 1. The van der Waals surface area contributed by atoms with Gasteiger partial charge in [-0.25, -0.2) is 4.79 Å². The Kier molecular flexibility index (Phi) is 5.96. The predicted molar refractivity (Wildman–Crippen MR) is 99.2 cm³/mol. The van der Waals surface area contributed by atoms with Gasteiger partial charge in [0, 0.05) is 12.1 Å². The highest BCUT2D eigenvalue weighted by atomic mass is 16.6. The molecule has 1 aliphatic heterocycles. The number of amides is 2. The third-order valence-corrected chi connectivity index (χ3v) is 5.02. The van der Waals surface area contributed by atoms with Crippen molar-refractivity contribution in [3.05, 3.63) is 24.3 Å². The van der Waals surface area contributed by atoms with Gasteiger partial charge in [-0.05, 0) is 66.2 Å². The lowest BCUT2D eigenvalue weighted by Gasteiger charge is -2.36. The molecular weight excluding hydrogens is 316 g/mol. The summed E-state index contributed by atoms with van der Waals surface area (Å²) in [5.41, 5.74) is 0.544.